The van der Waals surface area contributed by atoms with Crippen molar-refractivity contribution in [2.24, 2.45) is 5.41 Å². The number of carbonyl (C=O) groups excluding carboxylic acids is 1. The molecule has 0 aliphatic carbocycles. The van der Waals surface area contributed by atoms with E-state index in [1.807, 2.05) is 0 Å². The molecule has 5 rings (SSSR count). The fourth-order valence-electron chi connectivity index (χ4n) is 5.41. The number of piperidine rings is 2. The van der Waals surface area contributed by atoms with E-state index in [0.29, 0.717) is 12.3 Å². The van der Waals surface area contributed by atoms with Crippen molar-refractivity contribution < 1.29 is 9.53 Å². The lowest BCUT2D eigenvalue weighted by Gasteiger charge is -2.48. The molecule has 1 amide bonds. The van der Waals surface area contributed by atoms with Gasteiger partial charge in [0.1, 0.15) is 5.82 Å². The molecule has 1 aromatic heterocycles. The van der Waals surface area contributed by atoms with Crippen LogP contribution in [-0.4, -0.2) is 54.7 Å². The van der Waals surface area contributed by atoms with Gasteiger partial charge in [-0.2, -0.15) is 0 Å². The van der Waals surface area contributed by atoms with E-state index >= 15 is 0 Å². The van der Waals surface area contributed by atoms with Crippen LogP contribution in [-0.2, 0) is 9.53 Å². The Morgan fingerprint density at radius 1 is 1.21 bits per heavy atom. The van der Waals surface area contributed by atoms with Crippen LogP contribution < -0.4 is 4.90 Å². The fourth-order valence-corrected chi connectivity index (χ4v) is 5.41. The molecule has 3 saturated heterocycles. The van der Waals surface area contributed by atoms with Gasteiger partial charge in [0.25, 0.3) is 0 Å². The summed E-state index contributed by atoms with van der Waals surface area (Å²) in [5.41, 5.74) is 2.64. The number of rotatable bonds is 3. The van der Waals surface area contributed by atoms with Gasteiger partial charge in [-0.05, 0) is 62.1 Å². The number of likely N-dealkylation sites (tertiary alicyclic amines) is 1. The number of hydrogen-bond acceptors (Lipinski definition) is 4. The Balaban J connectivity index is 1.27. The maximum Gasteiger partial charge on any atom is 0.222 e. The average molecular weight is 394 g/mol. The SMILES string of the molecule is Cc1cc(N2CCC3(CCC(=O)N(CC4CCCO4)C3)CC2)nc2ccccc12. The van der Waals surface area contributed by atoms with Crippen molar-refractivity contribution in [2.45, 2.75) is 51.6 Å². The molecule has 1 aromatic carbocycles. The maximum atomic E-state index is 12.5. The van der Waals surface area contributed by atoms with Crippen molar-refractivity contribution >= 4 is 22.6 Å². The van der Waals surface area contributed by atoms with E-state index in [-0.39, 0.29) is 11.5 Å². The van der Waals surface area contributed by atoms with E-state index in [2.05, 4.69) is 47.1 Å². The molecule has 3 fully saturated rings. The minimum absolute atomic E-state index is 0.249. The first-order chi connectivity index (χ1) is 14.1. The van der Waals surface area contributed by atoms with Gasteiger partial charge < -0.3 is 14.5 Å². The number of aromatic nitrogens is 1. The average Bonchev–Trinajstić information content (AvgIpc) is 3.25. The van der Waals surface area contributed by atoms with Crippen LogP contribution in [0, 0.1) is 12.3 Å². The van der Waals surface area contributed by atoms with Gasteiger partial charge in [-0.15, -0.1) is 0 Å². The molecule has 29 heavy (non-hydrogen) atoms. The van der Waals surface area contributed by atoms with E-state index in [0.717, 1.165) is 76.2 Å². The summed E-state index contributed by atoms with van der Waals surface area (Å²) in [4.78, 5) is 22.0. The van der Waals surface area contributed by atoms with Gasteiger partial charge in [-0.1, -0.05) is 18.2 Å². The Bertz CT molecular complexity index is 898. The lowest BCUT2D eigenvalue weighted by Crippen LogP contribution is -2.53. The summed E-state index contributed by atoms with van der Waals surface area (Å²) in [5, 5.41) is 1.24. The van der Waals surface area contributed by atoms with Crippen molar-refractivity contribution in [2.75, 3.05) is 37.7 Å². The second-order valence-corrected chi connectivity index (χ2v) is 9.21. The Morgan fingerprint density at radius 3 is 2.83 bits per heavy atom. The predicted molar refractivity (Wildman–Crippen MR) is 115 cm³/mol. The normalized spacial score (nSPS) is 24.6. The molecule has 4 heterocycles. The molecule has 0 bridgehead atoms. The molecular weight excluding hydrogens is 362 g/mol. The van der Waals surface area contributed by atoms with E-state index in [1.165, 1.54) is 10.9 Å². The number of para-hydroxylation sites is 1. The number of anilines is 1. The number of ether oxygens (including phenoxy) is 1. The van der Waals surface area contributed by atoms with Crippen molar-refractivity contribution in [3.8, 4) is 0 Å². The summed E-state index contributed by atoms with van der Waals surface area (Å²) in [6.45, 7) is 6.76. The quantitative estimate of drug-likeness (QED) is 0.793. The Kier molecular flexibility index (Phi) is 4.94. The van der Waals surface area contributed by atoms with Crippen molar-refractivity contribution in [1.29, 1.82) is 0 Å². The molecule has 3 aliphatic heterocycles. The minimum Gasteiger partial charge on any atom is -0.376 e. The summed E-state index contributed by atoms with van der Waals surface area (Å²) in [6.07, 6.45) is 6.47. The molecule has 0 N–H and O–H groups in total. The highest BCUT2D eigenvalue weighted by molar-refractivity contribution is 5.83. The van der Waals surface area contributed by atoms with Crippen LogP contribution >= 0.6 is 0 Å². The Morgan fingerprint density at radius 2 is 2.03 bits per heavy atom. The monoisotopic (exact) mass is 393 g/mol. The highest BCUT2D eigenvalue weighted by Crippen LogP contribution is 2.41. The zero-order chi connectivity index (χ0) is 19.8. The Labute approximate surface area is 173 Å². The highest BCUT2D eigenvalue weighted by atomic mass is 16.5. The first-order valence-electron chi connectivity index (χ1n) is 11.1. The highest BCUT2D eigenvalue weighted by Gasteiger charge is 2.41. The van der Waals surface area contributed by atoms with Gasteiger partial charge in [0, 0.05) is 44.6 Å². The zero-order valence-corrected chi connectivity index (χ0v) is 17.4. The van der Waals surface area contributed by atoms with Gasteiger partial charge in [0.05, 0.1) is 11.6 Å². The second-order valence-electron chi connectivity index (χ2n) is 9.21. The van der Waals surface area contributed by atoms with Crippen LogP contribution in [0.3, 0.4) is 0 Å². The first kappa shape index (κ1) is 18.9. The largest absolute Gasteiger partial charge is 0.376 e. The molecule has 3 aliphatic rings. The fraction of sp³-hybridized carbons (Fsp3) is 0.583. The van der Waals surface area contributed by atoms with E-state index in [1.54, 1.807) is 0 Å². The molecule has 0 radical (unpaired) electrons. The van der Waals surface area contributed by atoms with Crippen LogP contribution in [0.5, 0.6) is 0 Å². The molecule has 5 nitrogen and oxygen atoms in total. The standard InChI is InChI=1S/C24H31N3O2/c1-18-15-22(25-21-7-3-2-6-20(18)21)26-12-10-24(11-13-26)9-8-23(28)27(17-24)16-19-5-4-14-29-19/h2-3,6-7,15,19H,4-5,8-14,16-17H2,1H3. The zero-order valence-electron chi connectivity index (χ0n) is 17.4. The molecule has 0 saturated carbocycles. The van der Waals surface area contributed by atoms with Crippen LogP contribution in [0.1, 0.15) is 44.1 Å². The topological polar surface area (TPSA) is 45.7 Å². The van der Waals surface area contributed by atoms with Gasteiger partial charge in [-0.3, -0.25) is 4.79 Å². The minimum atomic E-state index is 0.249. The molecule has 1 atom stereocenters. The van der Waals surface area contributed by atoms with Gasteiger partial charge in [0.15, 0.2) is 0 Å². The van der Waals surface area contributed by atoms with Crippen LogP contribution in [0.4, 0.5) is 5.82 Å². The van der Waals surface area contributed by atoms with Gasteiger partial charge in [0.2, 0.25) is 5.91 Å². The smallest absolute Gasteiger partial charge is 0.222 e. The van der Waals surface area contributed by atoms with Crippen molar-refractivity contribution in [1.82, 2.24) is 9.88 Å². The number of pyridine rings is 1. The summed E-state index contributed by atoms with van der Waals surface area (Å²) >= 11 is 0. The van der Waals surface area contributed by atoms with E-state index in [4.69, 9.17) is 9.72 Å². The van der Waals surface area contributed by atoms with E-state index in [9.17, 15) is 4.79 Å². The second kappa shape index (κ2) is 7.60. The number of benzene rings is 1. The number of aryl methyl sites for hydroxylation is 1. The Hall–Kier alpha value is -2.14. The lowest BCUT2D eigenvalue weighted by molar-refractivity contribution is -0.140. The summed E-state index contributed by atoms with van der Waals surface area (Å²) < 4.78 is 5.79. The van der Waals surface area contributed by atoms with Gasteiger partial charge >= 0.3 is 0 Å². The molecule has 154 valence electrons. The van der Waals surface area contributed by atoms with Crippen LogP contribution in [0.15, 0.2) is 30.3 Å². The summed E-state index contributed by atoms with van der Waals surface area (Å²) in [6, 6.07) is 10.6. The summed E-state index contributed by atoms with van der Waals surface area (Å²) in [7, 11) is 0. The van der Waals surface area contributed by atoms with Crippen LogP contribution in [0.2, 0.25) is 0 Å². The number of carbonyl (C=O) groups is 1. The van der Waals surface area contributed by atoms with Crippen LogP contribution in [0.25, 0.3) is 10.9 Å². The predicted octanol–water partition coefficient (Wildman–Crippen LogP) is 3.93. The molecule has 1 spiro atoms. The van der Waals surface area contributed by atoms with Crippen molar-refractivity contribution in [3.05, 3.63) is 35.9 Å². The third-order valence-electron chi connectivity index (χ3n) is 7.25. The third-order valence-corrected chi connectivity index (χ3v) is 7.25. The van der Waals surface area contributed by atoms with Crippen molar-refractivity contribution in [3.63, 3.8) is 0 Å². The first-order valence-corrected chi connectivity index (χ1v) is 11.1. The van der Waals surface area contributed by atoms with E-state index < -0.39 is 0 Å². The third kappa shape index (κ3) is 3.73. The molecule has 1 unspecified atom stereocenters. The number of hydrogen-bond donors (Lipinski definition) is 0. The molecular formula is C24H31N3O2. The molecule has 5 heteroatoms. The molecule has 2 aromatic rings. The summed E-state index contributed by atoms with van der Waals surface area (Å²) in [5.74, 6) is 1.42. The van der Waals surface area contributed by atoms with Gasteiger partial charge in [-0.25, -0.2) is 4.98 Å². The number of nitrogens with zero attached hydrogens (tertiary/aromatic N) is 3. The lowest BCUT2D eigenvalue weighted by atomic mass is 9.72. The number of fused-ring (bicyclic) bond motifs is 1. The maximum absolute atomic E-state index is 12.5. The number of amides is 1.